The van der Waals surface area contributed by atoms with Gasteiger partial charge in [-0.15, -0.1) is 0 Å². The zero-order valence-electron chi connectivity index (χ0n) is 40.4. The quantitative estimate of drug-likeness (QED) is 0.120. The van der Waals surface area contributed by atoms with E-state index in [0.29, 0.717) is 32.1 Å². The van der Waals surface area contributed by atoms with Crippen molar-refractivity contribution in [3.05, 3.63) is 0 Å². The second kappa shape index (κ2) is 22.6. The van der Waals surface area contributed by atoms with Crippen LogP contribution >= 0.6 is 0 Å². The van der Waals surface area contributed by atoms with Gasteiger partial charge in [-0.25, -0.2) is 0 Å². The number of esters is 1. The molecule has 0 aromatic rings. The standard InChI is InChI=1S/C46H86N2O13/c1-17-34-46(13,54)40(51)28(6)38(56-21-19-18-20-35(49)47-14)26(4)23-44(11,53)41(61-43-37(50)33(22-27(5)57-43)48(15)25(2)3)29(7)39(30(8)42(52)59-34)60-36-24-45(12,55-16)31(9)32(10)58-36/h25-34,36-41,43,50-51,53-54H,17-24H2,1-16H3,(H,47,49)/t26-,27-,28+,29+,30-,31+,32+,33+,34-,36?,37-,38+,39+,40-,41-,43+,44-,45-,46-/m1/s1. The number of carbonyl (C=O) groups excluding carboxylic acids is 2. The van der Waals surface area contributed by atoms with Gasteiger partial charge in [0.1, 0.15) is 17.8 Å². The minimum absolute atomic E-state index is 0.0238. The fraction of sp³-hybridized carbons (Fsp3) is 0.957. The van der Waals surface area contributed by atoms with Crippen LogP contribution in [0.4, 0.5) is 0 Å². The molecule has 0 aliphatic carbocycles. The number of amides is 1. The lowest BCUT2D eigenvalue weighted by molar-refractivity contribution is -0.315. The average Bonchev–Trinajstić information content (AvgIpc) is 3.19. The van der Waals surface area contributed by atoms with Gasteiger partial charge in [0.25, 0.3) is 0 Å². The fourth-order valence-electron chi connectivity index (χ4n) is 10.1. The number of likely N-dealkylation sites (N-methyl/N-ethyl adjacent to an activating group) is 1. The Balaban J connectivity index is 2.20. The minimum atomic E-state index is -1.90. The Morgan fingerprint density at radius 3 is 2.16 bits per heavy atom. The normalized spacial score (nSPS) is 44.7. The van der Waals surface area contributed by atoms with Crippen LogP contribution in [-0.2, 0) is 42.7 Å². The van der Waals surface area contributed by atoms with Crippen molar-refractivity contribution < 1.29 is 63.2 Å². The minimum Gasteiger partial charge on any atom is -0.459 e. The van der Waals surface area contributed by atoms with Crippen LogP contribution in [0.5, 0.6) is 0 Å². The Morgan fingerprint density at radius 1 is 0.951 bits per heavy atom. The van der Waals surface area contributed by atoms with Crippen molar-refractivity contribution in [2.75, 3.05) is 27.8 Å². The monoisotopic (exact) mass is 875 g/mol. The molecule has 3 saturated heterocycles. The number of aliphatic hydroxyl groups is 4. The summed E-state index contributed by atoms with van der Waals surface area (Å²) in [6.07, 6.45) is -6.29. The maximum Gasteiger partial charge on any atom is 0.311 e. The lowest BCUT2D eigenvalue weighted by Crippen LogP contribution is -2.61. The van der Waals surface area contributed by atoms with E-state index in [1.54, 1.807) is 41.9 Å². The number of rotatable bonds is 14. The molecule has 61 heavy (non-hydrogen) atoms. The third-order valence-electron chi connectivity index (χ3n) is 14.7. The second-order valence-corrected chi connectivity index (χ2v) is 19.8. The van der Waals surface area contributed by atoms with Crippen LogP contribution in [-0.4, -0.2) is 155 Å². The summed E-state index contributed by atoms with van der Waals surface area (Å²) in [5, 5.41) is 51.6. The highest BCUT2D eigenvalue weighted by molar-refractivity contribution is 5.75. The van der Waals surface area contributed by atoms with Gasteiger partial charge in [0.15, 0.2) is 12.6 Å². The molecule has 15 nitrogen and oxygen atoms in total. The van der Waals surface area contributed by atoms with Crippen LogP contribution < -0.4 is 5.32 Å². The first-order valence-electron chi connectivity index (χ1n) is 23.0. The number of nitrogens with zero attached hydrogens (tertiary/aromatic N) is 1. The van der Waals surface area contributed by atoms with Crippen molar-refractivity contribution in [1.29, 1.82) is 0 Å². The molecular formula is C46H86N2O13. The number of ether oxygens (including phenoxy) is 7. The summed E-state index contributed by atoms with van der Waals surface area (Å²) in [4.78, 5) is 28.5. The lowest BCUT2D eigenvalue weighted by atomic mass is 9.73. The lowest BCUT2D eigenvalue weighted by Gasteiger charge is -2.50. The van der Waals surface area contributed by atoms with Gasteiger partial charge >= 0.3 is 5.97 Å². The first-order chi connectivity index (χ1) is 28.3. The fourth-order valence-corrected chi connectivity index (χ4v) is 10.1. The molecule has 0 aromatic heterocycles. The van der Waals surface area contributed by atoms with Gasteiger partial charge in [-0.2, -0.15) is 0 Å². The van der Waals surface area contributed by atoms with Crippen LogP contribution in [0.1, 0.15) is 135 Å². The molecule has 3 rings (SSSR count). The van der Waals surface area contributed by atoms with E-state index in [9.17, 15) is 30.0 Å². The molecule has 19 atom stereocenters. The van der Waals surface area contributed by atoms with Crippen LogP contribution in [0.2, 0.25) is 0 Å². The summed E-state index contributed by atoms with van der Waals surface area (Å²) in [6.45, 7) is 24.5. The largest absolute Gasteiger partial charge is 0.459 e. The molecule has 1 unspecified atom stereocenters. The highest BCUT2D eigenvalue weighted by Gasteiger charge is 2.53. The number of cyclic esters (lactones) is 1. The summed E-state index contributed by atoms with van der Waals surface area (Å²) in [5.74, 6) is -3.64. The number of methoxy groups -OCH3 is 1. The van der Waals surface area contributed by atoms with Gasteiger partial charge in [0.05, 0.1) is 53.7 Å². The summed E-state index contributed by atoms with van der Waals surface area (Å²) in [5.41, 5.74) is -4.20. The maximum absolute atomic E-state index is 14.5. The molecule has 0 spiro atoms. The molecule has 0 saturated carbocycles. The third kappa shape index (κ3) is 13.1. The molecule has 358 valence electrons. The number of unbranched alkanes of at least 4 members (excludes halogenated alkanes) is 1. The Morgan fingerprint density at radius 2 is 1.59 bits per heavy atom. The molecule has 0 aromatic carbocycles. The third-order valence-corrected chi connectivity index (χ3v) is 14.7. The number of aliphatic hydroxyl groups excluding tert-OH is 2. The number of carbonyl (C=O) groups is 2. The van der Waals surface area contributed by atoms with Gasteiger partial charge in [-0.1, -0.05) is 34.6 Å². The zero-order valence-corrected chi connectivity index (χ0v) is 40.4. The molecule has 1 amide bonds. The first kappa shape index (κ1) is 53.8. The molecule has 5 N–H and O–H groups in total. The number of nitrogens with one attached hydrogen (secondary N) is 1. The molecular weight excluding hydrogens is 789 g/mol. The van der Waals surface area contributed by atoms with E-state index in [2.05, 4.69) is 31.0 Å². The maximum atomic E-state index is 14.5. The van der Waals surface area contributed by atoms with E-state index in [1.165, 1.54) is 6.92 Å². The molecule has 0 radical (unpaired) electrons. The second-order valence-electron chi connectivity index (χ2n) is 19.8. The van der Waals surface area contributed by atoms with Crippen molar-refractivity contribution in [3.63, 3.8) is 0 Å². The van der Waals surface area contributed by atoms with Gasteiger partial charge in [-0.05, 0) is 100 Å². The Labute approximate surface area is 367 Å². The highest BCUT2D eigenvalue weighted by atomic mass is 16.7. The molecule has 3 aliphatic rings. The topological polar surface area (TPSA) is 195 Å². The van der Waals surface area contributed by atoms with E-state index < -0.39 is 95.6 Å². The van der Waals surface area contributed by atoms with Gasteiger partial charge in [0, 0.05) is 63.4 Å². The number of hydrogen-bond acceptors (Lipinski definition) is 14. The van der Waals surface area contributed by atoms with E-state index >= 15 is 0 Å². The molecule has 3 aliphatic heterocycles. The van der Waals surface area contributed by atoms with Crippen LogP contribution in [0.3, 0.4) is 0 Å². The van der Waals surface area contributed by atoms with Crippen LogP contribution in [0, 0.1) is 29.6 Å². The Bertz CT molecular complexity index is 1370. The summed E-state index contributed by atoms with van der Waals surface area (Å²) in [7, 11) is 5.21. The zero-order chi connectivity index (χ0) is 46.4. The van der Waals surface area contributed by atoms with Crippen molar-refractivity contribution in [1.82, 2.24) is 10.2 Å². The van der Waals surface area contributed by atoms with Crippen molar-refractivity contribution in [2.24, 2.45) is 29.6 Å². The summed E-state index contributed by atoms with van der Waals surface area (Å²) < 4.78 is 45.3. The predicted molar refractivity (Wildman–Crippen MR) is 231 cm³/mol. The highest BCUT2D eigenvalue weighted by Crippen LogP contribution is 2.43. The average molecular weight is 875 g/mol. The van der Waals surface area contributed by atoms with Crippen molar-refractivity contribution in [2.45, 2.75) is 225 Å². The van der Waals surface area contributed by atoms with E-state index in [1.807, 2.05) is 41.7 Å². The van der Waals surface area contributed by atoms with Crippen molar-refractivity contribution in [3.8, 4) is 0 Å². The van der Waals surface area contributed by atoms with Crippen molar-refractivity contribution >= 4 is 11.9 Å². The summed E-state index contributed by atoms with van der Waals surface area (Å²) >= 11 is 0. The molecule has 0 bridgehead atoms. The molecule has 3 fully saturated rings. The van der Waals surface area contributed by atoms with Gasteiger partial charge < -0.3 is 58.9 Å². The van der Waals surface area contributed by atoms with Crippen LogP contribution in [0.25, 0.3) is 0 Å². The summed E-state index contributed by atoms with van der Waals surface area (Å²) in [6, 6.07) is -0.183. The molecule has 3 heterocycles. The first-order valence-corrected chi connectivity index (χ1v) is 23.0. The Hall–Kier alpha value is -1.50. The number of hydrogen-bond donors (Lipinski definition) is 5. The van der Waals surface area contributed by atoms with Crippen LogP contribution in [0.15, 0.2) is 0 Å². The molecule has 15 heteroatoms. The van der Waals surface area contributed by atoms with E-state index in [0.717, 1.165) is 0 Å². The SMILES string of the molecule is CC[C@H]1OC(=O)[C@H](C)[C@@H](OC2C[C@@](C)(OC)[C@@H](C)[C@H](C)O2)[C@H](C)[C@@H](O[C@@H]2O[C@H](C)C[C@H](N(C)C(C)C)[C@H]2O)[C@](C)(O)C[C@@H](C)[C@H](OCCCCC(=O)NC)[C@H](C)[C@@H](O)[C@]1(C)O. The predicted octanol–water partition coefficient (Wildman–Crippen LogP) is 4.57. The van der Waals surface area contributed by atoms with E-state index in [-0.39, 0.29) is 55.6 Å². The van der Waals surface area contributed by atoms with E-state index in [4.69, 9.17) is 33.2 Å². The Kier molecular flexibility index (Phi) is 20.0. The van der Waals surface area contributed by atoms with Gasteiger partial charge in [0.2, 0.25) is 5.91 Å². The van der Waals surface area contributed by atoms with Gasteiger partial charge in [-0.3, -0.25) is 14.5 Å². The smallest absolute Gasteiger partial charge is 0.311 e.